The number of hydrogen-bond donors (Lipinski definition) is 1. The molecule has 1 amide bonds. The Labute approximate surface area is 178 Å². The number of hydrogen-bond acceptors (Lipinski definition) is 7. The number of nitrogens with one attached hydrogen (secondary N) is 1. The minimum atomic E-state index is -0.942. The first kappa shape index (κ1) is 21.3. The number of esters is 1. The summed E-state index contributed by atoms with van der Waals surface area (Å²) in [5.74, 6) is 0.383. The summed E-state index contributed by atoms with van der Waals surface area (Å²) in [5.41, 5.74) is 1.74. The average molecular weight is 426 g/mol. The predicted molar refractivity (Wildman–Crippen MR) is 115 cm³/mol. The van der Waals surface area contributed by atoms with E-state index in [1.54, 1.807) is 31.4 Å². The van der Waals surface area contributed by atoms with E-state index in [0.717, 1.165) is 17.0 Å². The Bertz CT molecular complexity index is 973. The van der Waals surface area contributed by atoms with Gasteiger partial charge in [-0.1, -0.05) is 30.3 Å². The minimum Gasteiger partial charge on any atom is -0.497 e. The molecule has 0 saturated heterocycles. The molecule has 0 spiro atoms. The van der Waals surface area contributed by atoms with Crippen LogP contribution in [0.2, 0.25) is 0 Å². The molecule has 1 aromatic heterocycles. The van der Waals surface area contributed by atoms with Crippen molar-refractivity contribution >= 4 is 28.3 Å². The fourth-order valence-corrected chi connectivity index (χ4v) is 3.24. The zero-order chi connectivity index (χ0) is 21.3. The van der Waals surface area contributed by atoms with E-state index >= 15 is 0 Å². The number of rotatable bonds is 9. The number of nitrogens with zero attached hydrogens (tertiary/aromatic N) is 1. The summed E-state index contributed by atoms with van der Waals surface area (Å²) in [6.07, 6.45) is -0.915. The standard InChI is InChI=1S/C22H22N2O5S/c1-15(29-20(25)12-13-28-18-10-8-17(27-2)9-11-18)21(26)24-22-23-19(14-30-22)16-6-4-3-5-7-16/h3-11,14-15H,12-13H2,1-2H3,(H,23,24,26). The highest BCUT2D eigenvalue weighted by molar-refractivity contribution is 7.14. The lowest BCUT2D eigenvalue weighted by Gasteiger charge is -2.12. The van der Waals surface area contributed by atoms with E-state index in [2.05, 4.69) is 10.3 Å². The third-order valence-electron chi connectivity index (χ3n) is 4.12. The molecule has 0 bridgehead atoms. The van der Waals surface area contributed by atoms with Gasteiger partial charge in [0.15, 0.2) is 11.2 Å². The summed E-state index contributed by atoms with van der Waals surface area (Å²) in [4.78, 5) is 28.7. The number of amides is 1. The molecule has 0 aliphatic heterocycles. The summed E-state index contributed by atoms with van der Waals surface area (Å²) in [6, 6.07) is 16.7. The van der Waals surface area contributed by atoms with Crippen molar-refractivity contribution in [2.24, 2.45) is 0 Å². The topological polar surface area (TPSA) is 86.8 Å². The fraction of sp³-hybridized carbons (Fsp3) is 0.227. The monoisotopic (exact) mass is 426 g/mol. The van der Waals surface area contributed by atoms with Crippen molar-refractivity contribution in [3.8, 4) is 22.8 Å². The largest absolute Gasteiger partial charge is 0.497 e. The normalized spacial score (nSPS) is 11.4. The number of anilines is 1. The van der Waals surface area contributed by atoms with Crippen LogP contribution in [0.15, 0.2) is 60.0 Å². The minimum absolute atomic E-state index is 0.0268. The quantitative estimate of drug-likeness (QED) is 0.517. The van der Waals surface area contributed by atoms with Crippen LogP contribution in [0.25, 0.3) is 11.3 Å². The Morgan fingerprint density at radius 1 is 1.07 bits per heavy atom. The first-order chi connectivity index (χ1) is 14.5. The van der Waals surface area contributed by atoms with Gasteiger partial charge in [-0.25, -0.2) is 4.98 Å². The Hall–Kier alpha value is -3.39. The van der Waals surface area contributed by atoms with Crippen LogP contribution < -0.4 is 14.8 Å². The van der Waals surface area contributed by atoms with Gasteiger partial charge in [0, 0.05) is 10.9 Å². The summed E-state index contributed by atoms with van der Waals surface area (Å²) in [5, 5.41) is 4.99. The summed E-state index contributed by atoms with van der Waals surface area (Å²) in [7, 11) is 1.58. The van der Waals surface area contributed by atoms with E-state index in [1.807, 2.05) is 35.7 Å². The van der Waals surface area contributed by atoms with Gasteiger partial charge in [-0.05, 0) is 31.2 Å². The zero-order valence-corrected chi connectivity index (χ0v) is 17.5. The van der Waals surface area contributed by atoms with E-state index < -0.39 is 18.0 Å². The molecule has 1 N–H and O–H groups in total. The van der Waals surface area contributed by atoms with Crippen molar-refractivity contribution in [1.29, 1.82) is 0 Å². The van der Waals surface area contributed by atoms with Crippen LogP contribution >= 0.6 is 11.3 Å². The molecule has 0 saturated carbocycles. The molecule has 7 nitrogen and oxygen atoms in total. The van der Waals surface area contributed by atoms with Gasteiger partial charge in [0.25, 0.3) is 5.91 Å². The Balaban J connectivity index is 1.42. The van der Waals surface area contributed by atoms with Crippen LogP contribution in [0.1, 0.15) is 13.3 Å². The van der Waals surface area contributed by atoms with Crippen LogP contribution in [-0.4, -0.2) is 36.7 Å². The van der Waals surface area contributed by atoms with Crippen LogP contribution in [0, 0.1) is 0 Å². The van der Waals surface area contributed by atoms with E-state index in [1.165, 1.54) is 18.3 Å². The molecule has 1 atom stereocenters. The second kappa shape index (κ2) is 10.4. The van der Waals surface area contributed by atoms with Crippen LogP contribution in [-0.2, 0) is 14.3 Å². The van der Waals surface area contributed by atoms with Gasteiger partial charge >= 0.3 is 5.97 Å². The lowest BCUT2D eigenvalue weighted by molar-refractivity contribution is -0.153. The summed E-state index contributed by atoms with van der Waals surface area (Å²) < 4.78 is 15.7. The molecule has 0 aliphatic carbocycles. The number of carbonyl (C=O) groups is 2. The molecule has 2 aromatic carbocycles. The van der Waals surface area contributed by atoms with Crippen molar-refractivity contribution in [1.82, 2.24) is 4.98 Å². The van der Waals surface area contributed by atoms with Crippen LogP contribution in [0.3, 0.4) is 0 Å². The highest BCUT2D eigenvalue weighted by atomic mass is 32.1. The van der Waals surface area contributed by atoms with Crippen LogP contribution in [0.5, 0.6) is 11.5 Å². The molecule has 1 unspecified atom stereocenters. The van der Waals surface area contributed by atoms with Crippen molar-refractivity contribution in [2.45, 2.75) is 19.4 Å². The van der Waals surface area contributed by atoms with Gasteiger partial charge in [0.2, 0.25) is 0 Å². The van der Waals surface area contributed by atoms with E-state index in [0.29, 0.717) is 10.9 Å². The second-order valence-corrected chi connectivity index (χ2v) is 7.16. The number of benzene rings is 2. The lowest BCUT2D eigenvalue weighted by Crippen LogP contribution is -2.30. The lowest BCUT2D eigenvalue weighted by atomic mass is 10.2. The summed E-state index contributed by atoms with van der Waals surface area (Å²) in [6.45, 7) is 1.66. The van der Waals surface area contributed by atoms with E-state index in [9.17, 15) is 9.59 Å². The molecule has 0 radical (unpaired) electrons. The number of carbonyl (C=O) groups excluding carboxylic acids is 2. The smallest absolute Gasteiger partial charge is 0.310 e. The maximum absolute atomic E-state index is 12.3. The number of thiazole rings is 1. The highest BCUT2D eigenvalue weighted by Gasteiger charge is 2.19. The SMILES string of the molecule is COc1ccc(OCCC(=O)OC(C)C(=O)Nc2nc(-c3ccccc3)cs2)cc1. The van der Waals surface area contributed by atoms with Crippen molar-refractivity contribution in [3.63, 3.8) is 0 Å². The third-order valence-corrected chi connectivity index (χ3v) is 4.87. The maximum Gasteiger partial charge on any atom is 0.310 e. The Morgan fingerprint density at radius 2 is 1.77 bits per heavy atom. The van der Waals surface area contributed by atoms with E-state index in [-0.39, 0.29) is 13.0 Å². The van der Waals surface area contributed by atoms with Crippen molar-refractivity contribution in [3.05, 3.63) is 60.0 Å². The van der Waals surface area contributed by atoms with Gasteiger partial charge in [-0.3, -0.25) is 14.9 Å². The third kappa shape index (κ3) is 6.05. The molecule has 3 rings (SSSR count). The van der Waals surface area contributed by atoms with Gasteiger partial charge in [0.1, 0.15) is 11.5 Å². The molecule has 0 fully saturated rings. The fourth-order valence-electron chi connectivity index (χ4n) is 2.51. The highest BCUT2D eigenvalue weighted by Crippen LogP contribution is 2.24. The molecular weight excluding hydrogens is 404 g/mol. The van der Waals surface area contributed by atoms with Gasteiger partial charge < -0.3 is 14.2 Å². The number of aromatic nitrogens is 1. The average Bonchev–Trinajstić information content (AvgIpc) is 3.23. The molecule has 0 aliphatic rings. The van der Waals surface area contributed by atoms with Gasteiger partial charge in [-0.15, -0.1) is 11.3 Å². The Morgan fingerprint density at radius 3 is 2.47 bits per heavy atom. The van der Waals surface area contributed by atoms with Crippen molar-refractivity contribution < 1.29 is 23.8 Å². The van der Waals surface area contributed by atoms with Crippen LogP contribution in [0.4, 0.5) is 5.13 Å². The molecule has 3 aromatic rings. The second-order valence-electron chi connectivity index (χ2n) is 6.30. The molecule has 30 heavy (non-hydrogen) atoms. The first-order valence-electron chi connectivity index (χ1n) is 9.33. The van der Waals surface area contributed by atoms with Gasteiger partial charge in [0.05, 0.1) is 25.8 Å². The molecule has 8 heteroatoms. The first-order valence-corrected chi connectivity index (χ1v) is 10.2. The van der Waals surface area contributed by atoms with Crippen molar-refractivity contribution in [2.75, 3.05) is 19.0 Å². The zero-order valence-electron chi connectivity index (χ0n) is 16.7. The van der Waals surface area contributed by atoms with Gasteiger partial charge in [-0.2, -0.15) is 0 Å². The molecular formula is C22H22N2O5S. The van der Waals surface area contributed by atoms with E-state index in [4.69, 9.17) is 14.2 Å². The maximum atomic E-state index is 12.3. The Kier molecular flexibility index (Phi) is 7.40. The molecule has 156 valence electrons. The number of methoxy groups -OCH3 is 1. The summed E-state index contributed by atoms with van der Waals surface area (Å²) >= 11 is 1.31. The predicted octanol–water partition coefficient (Wildman–Crippen LogP) is 4.16. The number of ether oxygens (including phenoxy) is 3. The molecule has 1 heterocycles.